The minimum Gasteiger partial charge on any atom is -0.465 e. The maximum Gasteiger partial charge on any atom is 0.407 e. The van der Waals surface area contributed by atoms with Crippen LogP contribution in [0.15, 0.2) is 0 Å². The molecule has 0 aromatic heterocycles. The molecule has 0 aliphatic carbocycles. The Balaban J connectivity index is 2.44. The Morgan fingerprint density at radius 1 is 1.58 bits per heavy atom. The second kappa shape index (κ2) is 3.60. The van der Waals surface area contributed by atoms with E-state index in [0.29, 0.717) is 31.3 Å². The third-order valence-corrected chi connectivity index (χ3v) is 3.17. The standard InChI is InChI=1S/C7H11BrFNO2/c8-5-7(9)1-3-10(4-2-7)6(11)12/h1-5H2,(H,11,12). The van der Waals surface area contributed by atoms with Gasteiger partial charge in [0.25, 0.3) is 0 Å². The Morgan fingerprint density at radius 3 is 2.42 bits per heavy atom. The van der Waals surface area contributed by atoms with Gasteiger partial charge in [0, 0.05) is 31.3 Å². The maximum atomic E-state index is 13.5. The molecule has 1 rings (SSSR count). The number of likely N-dealkylation sites (tertiary alicyclic amines) is 1. The van der Waals surface area contributed by atoms with Gasteiger partial charge in [0.2, 0.25) is 0 Å². The SMILES string of the molecule is O=C(O)N1CCC(F)(CBr)CC1. The lowest BCUT2D eigenvalue weighted by Crippen LogP contribution is -2.44. The number of hydrogen-bond donors (Lipinski definition) is 1. The molecule has 0 bridgehead atoms. The Bertz CT molecular complexity index is 180. The molecule has 0 aromatic carbocycles. The lowest BCUT2D eigenvalue weighted by atomic mass is 9.96. The molecule has 1 saturated heterocycles. The fraction of sp³-hybridized carbons (Fsp3) is 0.857. The van der Waals surface area contributed by atoms with E-state index >= 15 is 0 Å². The summed E-state index contributed by atoms with van der Waals surface area (Å²) in [6.07, 6.45) is -0.360. The van der Waals surface area contributed by atoms with Crippen molar-refractivity contribution >= 4 is 22.0 Å². The molecule has 1 heterocycles. The molecule has 1 aliphatic heterocycles. The molecule has 12 heavy (non-hydrogen) atoms. The van der Waals surface area contributed by atoms with Crippen molar-refractivity contribution in [2.75, 3.05) is 18.4 Å². The molecule has 5 heteroatoms. The highest BCUT2D eigenvalue weighted by atomic mass is 79.9. The Morgan fingerprint density at radius 2 is 2.08 bits per heavy atom. The highest BCUT2D eigenvalue weighted by Gasteiger charge is 2.34. The first-order valence-corrected chi connectivity index (χ1v) is 4.92. The molecule has 0 radical (unpaired) electrons. The van der Waals surface area contributed by atoms with Gasteiger partial charge in [-0.05, 0) is 0 Å². The fourth-order valence-corrected chi connectivity index (χ4v) is 1.79. The highest BCUT2D eigenvalue weighted by molar-refractivity contribution is 9.09. The van der Waals surface area contributed by atoms with E-state index < -0.39 is 11.8 Å². The third kappa shape index (κ3) is 2.09. The first-order chi connectivity index (χ1) is 5.57. The van der Waals surface area contributed by atoms with Gasteiger partial charge in [-0.15, -0.1) is 0 Å². The van der Waals surface area contributed by atoms with Crippen molar-refractivity contribution in [3.8, 4) is 0 Å². The predicted octanol–water partition coefficient (Wildman–Crippen LogP) is 1.86. The van der Waals surface area contributed by atoms with E-state index in [9.17, 15) is 9.18 Å². The summed E-state index contributed by atoms with van der Waals surface area (Å²) in [7, 11) is 0. The van der Waals surface area contributed by atoms with Crippen LogP contribution in [0.5, 0.6) is 0 Å². The van der Waals surface area contributed by atoms with Gasteiger partial charge in [-0.2, -0.15) is 0 Å². The van der Waals surface area contributed by atoms with E-state index in [4.69, 9.17) is 5.11 Å². The largest absolute Gasteiger partial charge is 0.465 e. The zero-order valence-electron chi connectivity index (χ0n) is 6.59. The molecule has 0 saturated carbocycles. The van der Waals surface area contributed by atoms with Gasteiger partial charge in [0.05, 0.1) is 0 Å². The van der Waals surface area contributed by atoms with Crippen LogP contribution in [0.1, 0.15) is 12.8 Å². The molecule has 0 aromatic rings. The van der Waals surface area contributed by atoms with Crippen LogP contribution in [0.4, 0.5) is 9.18 Å². The number of amides is 1. The lowest BCUT2D eigenvalue weighted by molar-refractivity contribution is 0.0736. The molecule has 0 unspecified atom stereocenters. The zero-order chi connectivity index (χ0) is 9.19. The molecule has 3 nitrogen and oxygen atoms in total. The van der Waals surface area contributed by atoms with Gasteiger partial charge in [0.15, 0.2) is 0 Å². The van der Waals surface area contributed by atoms with Crippen molar-refractivity contribution < 1.29 is 14.3 Å². The van der Waals surface area contributed by atoms with Gasteiger partial charge in [-0.3, -0.25) is 0 Å². The van der Waals surface area contributed by atoms with E-state index in [-0.39, 0.29) is 0 Å². The van der Waals surface area contributed by atoms with E-state index in [1.54, 1.807) is 0 Å². The van der Waals surface area contributed by atoms with Gasteiger partial charge < -0.3 is 10.0 Å². The molecule has 0 spiro atoms. The summed E-state index contributed by atoms with van der Waals surface area (Å²) in [5.74, 6) is 0. The zero-order valence-corrected chi connectivity index (χ0v) is 8.18. The fourth-order valence-electron chi connectivity index (χ4n) is 1.23. The summed E-state index contributed by atoms with van der Waals surface area (Å²) >= 11 is 3.08. The van der Waals surface area contributed by atoms with Crippen LogP contribution in [0.2, 0.25) is 0 Å². The van der Waals surface area contributed by atoms with Crippen molar-refractivity contribution in [2.45, 2.75) is 18.5 Å². The predicted molar refractivity (Wildman–Crippen MR) is 46.5 cm³/mol. The molecule has 1 fully saturated rings. The number of alkyl halides is 2. The second-order valence-electron chi connectivity index (χ2n) is 3.05. The first kappa shape index (κ1) is 9.77. The van der Waals surface area contributed by atoms with Crippen LogP contribution in [0.25, 0.3) is 0 Å². The summed E-state index contributed by atoms with van der Waals surface area (Å²) in [5, 5.41) is 8.87. The number of piperidine rings is 1. The van der Waals surface area contributed by atoms with Gasteiger partial charge in [-0.1, -0.05) is 15.9 Å². The monoisotopic (exact) mass is 239 g/mol. The highest BCUT2D eigenvalue weighted by Crippen LogP contribution is 2.28. The number of carbonyl (C=O) groups is 1. The lowest BCUT2D eigenvalue weighted by Gasteiger charge is -2.33. The van der Waals surface area contributed by atoms with Gasteiger partial charge in [-0.25, -0.2) is 9.18 Å². The number of hydrogen-bond acceptors (Lipinski definition) is 1. The van der Waals surface area contributed by atoms with Crippen LogP contribution in [-0.4, -0.2) is 40.2 Å². The van der Waals surface area contributed by atoms with Crippen molar-refractivity contribution in [1.29, 1.82) is 0 Å². The molecular weight excluding hydrogens is 229 g/mol. The average molecular weight is 240 g/mol. The van der Waals surface area contributed by atoms with Crippen LogP contribution in [0, 0.1) is 0 Å². The summed E-state index contributed by atoms with van der Waals surface area (Å²) in [6.45, 7) is 0.606. The van der Waals surface area contributed by atoms with Gasteiger partial charge >= 0.3 is 6.09 Å². The summed E-state index contributed by atoms with van der Waals surface area (Å²) in [4.78, 5) is 11.7. The van der Waals surface area contributed by atoms with Crippen molar-refractivity contribution in [2.24, 2.45) is 0 Å². The second-order valence-corrected chi connectivity index (χ2v) is 3.61. The first-order valence-electron chi connectivity index (χ1n) is 3.80. The van der Waals surface area contributed by atoms with E-state index in [2.05, 4.69) is 15.9 Å². The minimum absolute atomic E-state index is 0.296. The van der Waals surface area contributed by atoms with Crippen molar-refractivity contribution in [1.82, 2.24) is 4.90 Å². The van der Waals surface area contributed by atoms with Crippen molar-refractivity contribution in [3.05, 3.63) is 0 Å². The molecule has 1 N–H and O–H groups in total. The smallest absolute Gasteiger partial charge is 0.407 e. The Kier molecular flexibility index (Phi) is 2.93. The van der Waals surface area contributed by atoms with E-state index in [0.717, 1.165) is 0 Å². The van der Waals surface area contributed by atoms with Crippen LogP contribution < -0.4 is 0 Å². The van der Waals surface area contributed by atoms with Crippen LogP contribution in [-0.2, 0) is 0 Å². The number of rotatable bonds is 1. The van der Waals surface area contributed by atoms with E-state index in [1.165, 1.54) is 4.90 Å². The summed E-state index contributed by atoms with van der Waals surface area (Å²) in [6, 6.07) is 0. The number of nitrogens with zero attached hydrogens (tertiary/aromatic N) is 1. The Labute approximate surface area is 78.7 Å². The molecule has 70 valence electrons. The number of halogens is 2. The van der Waals surface area contributed by atoms with E-state index in [1.807, 2.05) is 0 Å². The van der Waals surface area contributed by atoms with Crippen molar-refractivity contribution in [3.63, 3.8) is 0 Å². The normalized spacial score (nSPS) is 22.3. The average Bonchev–Trinajstić information content (AvgIpc) is 2.05. The minimum atomic E-state index is -1.20. The summed E-state index contributed by atoms with van der Waals surface area (Å²) < 4.78 is 13.5. The molecule has 1 amide bonds. The molecule has 0 atom stereocenters. The van der Waals surface area contributed by atoms with Gasteiger partial charge in [0.1, 0.15) is 5.67 Å². The summed E-state index contributed by atoms with van der Waals surface area (Å²) in [5.41, 5.74) is -1.20. The quantitative estimate of drug-likeness (QED) is 0.710. The third-order valence-electron chi connectivity index (χ3n) is 2.17. The number of carboxylic acid groups (broad SMARTS) is 1. The Hall–Kier alpha value is -0.320. The molecule has 1 aliphatic rings. The van der Waals surface area contributed by atoms with Crippen LogP contribution >= 0.6 is 15.9 Å². The topological polar surface area (TPSA) is 40.5 Å². The molecular formula is C7H11BrFNO2. The van der Waals surface area contributed by atoms with Crippen LogP contribution in [0.3, 0.4) is 0 Å². The maximum absolute atomic E-state index is 13.5.